The van der Waals surface area contributed by atoms with Gasteiger partial charge in [-0.3, -0.25) is 0 Å². The smallest absolute Gasteiger partial charge is 0.0334 e. The number of hydrogen-bond acceptors (Lipinski definition) is 2. The van der Waals surface area contributed by atoms with E-state index in [0.29, 0.717) is 17.5 Å². The Balaban J connectivity index is 2.70. The van der Waals surface area contributed by atoms with Crippen LogP contribution < -0.4 is 5.32 Å². The molecule has 1 aromatic rings. The van der Waals surface area contributed by atoms with Crippen LogP contribution in [-0.4, -0.2) is 31.1 Å². The highest BCUT2D eigenvalue weighted by atomic mass is 15.1. The first-order chi connectivity index (χ1) is 9.77. The lowest BCUT2D eigenvalue weighted by Gasteiger charge is -2.36. The van der Waals surface area contributed by atoms with Gasteiger partial charge in [-0.05, 0) is 56.9 Å². The van der Waals surface area contributed by atoms with E-state index in [0.717, 1.165) is 19.5 Å². The molecule has 0 aliphatic carbocycles. The second kappa shape index (κ2) is 7.95. The zero-order chi connectivity index (χ0) is 16.0. The number of benzene rings is 1. The van der Waals surface area contributed by atoms with Gasteiger partial charge in [-0.15, -0.1) is 0 Å². The molecule has 2 unspecified atom stereocenters. The van der Waals surface area contributed by atoms with E-state index in [1.54, 1.807) is 0 Å². The van der Waals surface area contributed by atoms with Crippen molar-refractivity contribution in [2.24, 2.45) is 5.41 Å². The van der Waals surface area contributed by atoms with Gasteiger partial charge in [-0.25, -0.2) is 0 Å². The molecule has 1 N–H and O–H groups in total. The van der Waals surface area contributed by atoms with Crippen LogP contribution in [-0.2, 0) is 0 Å². The Labute approximate surface area is 131 Å². The Hall–Kier alpha value is -0.860. The first-order valence-electron chi connectivity index (χ1n) is 8.26. The summed E-state index contributed by atoms with van der Waals surface area (Å²) in [5.74, 6) is 0. The minimum absolute atomic E-state index is 0.324. The van der Waals surface area contributed by atoms with Gasteiger partial charge in [0.1, 0.15) is 0 Å². The molecule has 120 valence electrons. The van der Waals surface area contributed by atoms with Crippen LogP contribution in [0.3, 0.4) is 0 Å². The van der Waals surface area contributed by atoms with Crippen LogP contribution in [0.4, 0.5) is 0 Å². The monoisotopic (exact) mass is 290 g/mol. The first-order valence-corrected chi connectivity index (χ1v) is 8.26. The maximum atomic E-state index is 3.65. The first kappa shape index (κ1) is 18.2. The summed E-state index contributed by atoms with van der Waals surface area (Å²) in [7, 11) is 2.25. The lowest BCUT2D eigenvalue weighted by atomic mass is 9.87. The standard InChI is InChI=1S/C19H34N2/c1-8-20-18(17-12-10-9-11-15(17)2)13-14-21(7)16(3)19(4,5)6/h9-12,16,18,20H,8,13-14H2,1-7H3. The zero-order valence-electron chi connectivity index (χ0n) is 15.0. The van der Waals surface area contributed by atoms with Crippen molar-refractivity contribution in [1.29, 1.82) is 0 Å². The average molecular weight is 290 g/mol. The Morgan fingerprint density at radius 1 is 1.19 bits per heavy atom. The van der Waals surface area contributed by atoms with Gasteiger partial charge in [0.2, 0.25) is 0 Å². The minimum atomic E-state index is 0.324. The van der Waals surface area contributed by atoms with E-state index in [-0.39, 0.29) is 0 Å². The van der Waals surface area contributed by atoms with Crippen LogP contribution in [0.5, 0.6) is 0 Å². The highest BCUT2D eigenvalue weighted by Gasteiger charge is 2.24. The number of nitrogens with zero attached hydrogens (tertiary/aromatic N) is 1. The molecule has 0 saturated carbocycles. The van der Waals surface area contributed by atoms with Gasteiger partial charge in [0.15, 0.2) is 0 Å². The summed E-state index contributed by atoms with van der Waals surface area (Å²) in [6.07, 6.45) is 1.15. The molecule has 0 aromatic heterocycles. The van der Waals surface area contributed by atoms with E-state index < -0.39 is 0 Å². The fourth-order valence-corrected chi connectivity index (χ4v) is 2.78. The summed E-state index contributed by atoms with van der Waals surface area (Å²) < 4.78 is 0. The largest absolute Gasteiger partial charge is 0.310 e. The number of hydrogen-bond donors (Lipinski definition) is 1. The predicted octanol–water partition coefficient (Wildman–Crippen LogP) is 4.40. The summed E-state index contributed by atoms with van der Waals surface area (Å²) >= 11 is 0. The molecule has 0 aliphatic rings. The molecule has 0 spiro atoms. The highest BCUT2D eigenvalue weighted by molar-refractivity contribution is 5.28. The molecule has 2 heteroatoms. The van der Waals surface area contributed by atoms with Crippen LogP contribution in [0.1, 0.15) is 58.2 Å². The van der Waals surface area contributed by atoms with E-state index >= 15 is 0 Å². The normalized spacial score (nSPS) is 15.2. The summed E-state index contributed by atoms with van der Waals surface area (Å²) in [6.45, 7) is 15.8. The predicted molar refractivity (Wildman–Crippen MR) is 93.8 cm³/mol. The van der Waals surface area contributed by atoms with Crippen LogP contribution >= 0.6 is 0 Å². The van der Waals surface area contributed by atoms with Crippen LogP contribution in [0, 0.1) is 12.3 Å². The van der Waals surface area contributed by atoms with Crippen LogP contribution in [0.2, 0.25) is 0 Å². The number of nitrogens with one attached hydrogen (secondary N) is 1. The summed E-state index contributed by atoms with van der Waals surface area (Å²) in [4.78, 5) is 2.49. The Morgan fingerprint density at radius 2 is 1.81 bits per heavy atom. The molecule has 0 fully saturated rings. The lowest BCUT2D eigenvalue weighted by molar-refractivity contribution is 0.136. The van der Waals surface area contributed by atoms with Crippen molar-refractivity contribution < 1.29 is 0 Å². The maximum Gasteiger partial charge on any atom is 0.0334 e. The van der Waals surface area contributed by atoms with Crippen molar-refractivity contribution in [3.8, 4) is 0 Å². The Kier molecular flexibility index (Phi) is 6.89. The minimum Gasteiger partial charge on any atom is -0.310 e. The molecule has 1 rings (SSSR count). The van der Waals surface area contributed by atoms with Gasteiger partial charge in [0.05, 0.1) is 0 Å². The Morgan fingerprint density at radius 3 is 2.33 bits per heavy atom. The van der Waals surface area contributed by atoms with Crippen LogP contribution in [0.25, 0.3) is 0 Å². The van der Waals surface area contributed by atoms with Gasteiger partial charge in [-0.1, -0.05) is 52.0 Å². The van der Waals surface area contributed by atoms with E-state index in [4.69, 9.17) is 0 Å². The molecule has 0 saturated heterocycles. The molecule has 0 amide bonds. The third-order valence-corrected chi connectivity index (χ3v) is 4.70. The summed E-state index contributed by atoms with van der Waals surface area (Å²) in [6, 6.07) is 9.77. The lowest BCUT2D eigenvalue weighted by Crippen LogP contribution is -2.40. The molecule has 2 nitrogen and oxygen atoms in total. The van der Waals surface area contributed by atoms with Crippen molar-refractivity contribution in [3.63, 3.8) is 0 Å². The third-order valence-electron chi connectivity index (χ3n) is 4.70. The fraction of sp³-hybridized carbons (Fsp3) is 0.684. The highest BCUT2D eigenvalue weighted by Crippen LogP contribution is 2.25. The summed E-state index contributed by atoms with van der Waals surface area (Å²) in [5, 5.41) is 3.65. The molecule has 1 aromatic carbocycles. The van der Waals surface area contributed by atoms with Crippen molar-refractivity contribution >= 4 is 0 Å². The van der Waals surface area contributed by atoms with Crippen molar-refractivity contribution in [2.75, 3.05) is 20.1 Å². The molecular weight excluding hydrogens is 256 g/mol. The van der Waals surface area contributed by atoms with Crippen molar-refractivity contribution in [3.05, 3.63) is 35.4 Å². The molecular formula is C19H34N2. The number of rotatable bonds is 7. The molecule has 0 aliphatic heterocycles. The Bertz CT molecular complexity index is 420. The van der Waals surface area contributed by atoms with Crippen molar-refractivity contribution in [1.82, 2.24) is 10.2 Å². The third kappa shape index (κ3) is 5.44. The quantitative estimate of drug-likeness (QED) is 0.800. The van der Waals surface area contributed by atoms with E-state index in [9.17, 15) is 0 Å². The van der Waals surface area contributed by atoms with E-state index in [1.807, 2.05) is 0 Å². The van der Waals surface area contributed by atoms with Gasteiger partial charge in [-0.2, -0.15) is 0 Å². The SMILES string of the molecule is CCNC(CCN(C)C(C)C(C)(C)C)c1ccccc1C. The van der Waals surface area contributed by atoms with Gasteiger partial charge < -0.3 is 10.2 Å². The second-order valence-electron chi connectivity index (χ2n) is 7.28. The fourth-order valence-electron chi connectivity index (χ4n) is 2.78. The average Bonchev–Trinajstić information content (AvgIpc) is 2.42. The molecule has 0 bridgehead atoms. The maximum absolute atomic E-state index is 3.65. The van der Waals surface area contributed by atoms with E-state index in [1.165, 1.54) is 11.1 Å². The van der Waals surface area contributed by atoms with Gasteiger partial charge in [0, 0.05) is 12.1 Å². The molecule has 21 heavy (non-hydrogen) atoms. The second-order valence-corrected chi connectivity index (χ2v) is 7.28. The molecule has 0 heterocycles. The van der Waals surface area contributed by atoms with Crippen LogP contribution in [0.15, 0.2) is 24.3 Å². The van der Waals surface area contributed by atoms with Gasteiger partial charge in [0.25, 0.3) is 0 Å². The van der Waals surface area contributed by atoms with E-state index in [2.05, 4.69) is 83.1 Å². The zero-order valence-corrected chi connectivity index (χ0v) is 15.0. The van der Waals surface area contributed by atoms with Gasteiger partial charge >= 0.3 is 0 Å². The van der Waals surface area contributed by atoms with Crippen molar-refractivity contribution in [2.45, 2.75) is 60.0 Å². The molecule has 0 radical (unpaired) electrons. The number of aryl methyl sites for hydroxylation is 1. The summed E-state index contributed by atoms with van der Waals surface area (Å²) in [5.41, 5.74) is 3.15. The topological polar surface area (TPSA) is 15.3 Å². The molecule has 2 atom stereocenters.